The molecule has 1 atom stereocenters. The molecule has 3 rings (SSSR count). The molecule has 1 amide bonds. The Kier molecular flexibility index (Phi) is 6.19. The molecule has 1 N–H and O–H groups in total. The summed E-state index contributed by atoms with van der Waals surface area (Å²) in [7, 11) is 1.54. The van der Waals surface area contributed by atoms with E-state index in [0.717, 1.165) is 49.2 Å². The molecule has 6 nitrogen and oxygen atoms in total. The lowest BCUT2D eigenvalue weighted by Gasteiger charge is -2.32. The van der Waals surface area contributed by atoms with Gasteiger partial charge in [0, 0.05) is 32.0 Å². The van der Waals surface area contributed by atoms with E-state index in [4.69, 9.17) is 9.84 Å². The van der Waals surface area contributed by atoms with Crippen molar-refractivity contribution in [2.75, 3.05) is 26.8 Å². The summed E-state index contributed by atoms with van der Waals surface area (Å²) in [6.45, 7) is 1.69. The number of nitrogens with zero attached hydrogens (tertiary/aromatic N) is 2. The number of aromatic nitrogens is 1. The van der Waals surface area contributed by atoms with Crippen molar-refractivity contribution in [3.05, 3.63) is 53.7 Å². The fourth-order valence-electron chi connectivity index (χ4n) is 3.53. The summed E-state index contributed by atoms with van der Waals surface area (Å²) in [6, 6.07) is 10.7. The largest absolute Gasteiger partial charge is 0.478 e. The molecule has 1 fully saturated rings. The van der Waals surface area contributed by atoms with Crippen LogP contribution in [0.5, 0.6) is 0 Å². The molecule has 142 valence electrons. The molecule has 1 aromatic carbocycles. The van der Waals surface area contributed by atoms with Crippen molar-refractivity contribution >= 4 is 11.9 Å². The van der Waals surface area contributed by atoms with Crippen LogP contribution >= 0.6 is 0 Å². The van der Waals surface area contributed by atoms with Crippen LogP contribution in [-0.2, 0) is 16.0 Å². The molecule has 1 aliphatic rings. The van der Waals surface area contributed by atoms with E-state index in [9.17, 15) is 9.59 Å². The summed E-state index contributed by atoms with van der Waals surface area (Å²) >= 11 is 0. The van der Waals surface area contributed by atoms with Crippen LogP contribution in [0.25, 0.3) is 11.3 Å². The van der Waals surface area contributed by atoms with Gasteiger partial charge in [0.05, 0.1) is 11.3 Å². The van der Waals surface area contributed by atoms with Gasteiger partial charge in [-0.15, -0.1) is 0 Å². The lowest BCUT2D eigenvalue weighted by Crippen LogP contribution is -2.42. The second-order valence-corrected chi connectivity index (χ2v) is 6.92. The Hall–Kier alpha value is -2.73. The molecule has 2 heterocycles. The van der Waals surface area contributed by atoms with Gasteiger partial charge >= 0.3 is 5.97 Å². The molecule has 2 aromatic rings. The Morgan fingerprint density at radius 3 is 2.85 bits per heavy atom. The molecule has 0 radical (unpaired) electrons. The number of carboxylic acids is 1. The van der Waals surface area contributed by atoms with E-state index in [0.29, 0.717) is 5.92 Å². The van der Waals surface area contributed by atoms with Crippen LogP contribution in [0.2, 0.25) is 0 Å². The van der Waals surface area contributed by atoms with E-state index in [1.54, 1.807) is 25.3 Å². The van der Waals surface area contributed by atoms with Crippen LogP contribution in [0, 0.1) is 5.92 Å². The summed E-state index contributed by atoms with van der Waals surface area (Å²) in [5.41, 5.74) is 2.92. The normalized spacial score (nSPS) is 16.9. The zero-order valence-corrected chi connectivity index (χ0v) is 15.4. The van der Waals surface area contributed by atoms with Gasteiger partial charge in [0.2, 0.25) is 5.91 Å². The molecule has 0 unspecified atom stereocenters. The Bertz CT molecular complexity index is 804. The average molecular weight is 368 g/mol. The van der Waals surface area contributed by atoms with Gasteiger partial charge in [-0.2, -0.15) is 0 Å². The minimum Gasteiger partial charge on any atom is -0.478 e. The van der Waals surface area contributed by atoms with E-state index < -0.39 is 5.97 Å². The number of piperidine rings is 1. The maximum absolute atomic E-state index is 12.0. The molecule has 0 spiro atoms. The van der Waals surface area contributed by atoms with Gasteiger partial charge in [-0.05, 0) is 48.9 Å². The molecule has 1 aliphatic heterocycles. The van der Waals surface area contributed by atoms with Crippen molar-refractivity contribution in [3.63, 3.8) is 0 Å². The van der Waals surface area contributed by atoms with Crippen molar-refractivity contribution in [2.24, 2.45) is 5.92 Å². The van der Waals surface area contributed by atoms with Gasteiger partial charge in [0.1, 0.15) is 6.61 Å². The number of carbonyl (C=O) groups excluding carboxylic acids is 1. The summed E-state index contributed by atoms with van der Waals surface area (Å²) in [5, 5.41) is 9.12. The fraction of sp³-hybridized carbons (Fsp3) is 0.381. The Balaban J connectivity index is 1.65. The molecule has 1 aromatic heterocycles. The minimum atomic E-state index is -0.946. The standard InChI is InChI=1S/C21H24N2O4/c1-27-14-20(24)23-9-3-4-16(13-23)10-15-7-8-19(22-12-15)17-5-2-6-18(11-17)21(25)26/h2,5-8,11-12,16H,3-4,9-10,13-14H2,1H3,(H,25,26)/t16-/m0/s1. The molecular formula is C21H24N2O4. The van der Waals surface area contributed by atoms with Gasteiger partial charge in [-0.3, -0.25) is 9.78 Å². The van der Waals surface area contributed by atoms with Crippen molar-refractivity contribution < 1.29 is 19.4 Å². The highest BCUT2D eigenvalue weighted by Crippen LogP contribution is 2.23. The van der Waals surface area contributed by atoms with Gasteiger partial charge in [0.25, 0.3) is 0 Å². The number of hydrogen-bond acceptors (Lipinski definition) is 4. The van der Waals surface area contributed by atoms with Gasteiger partial charge < -0.3 is 14.7 Å². The number of hydrogen-bond donors (Lipinski definition) is 1. The highest BCUT2D eigenvalue weighted by Gasteiger charge is 2.23. The zero-order chi connectivity index (χ0) is 19.2. The zero-order valence-electron chi connectivity index (χ0n) is 15.4. The predicted molar refractivity (Wildman–Crippen MR) is 102 cm³/mol. The SMILES string of the molecule is COCC(=O)N1CCC[C@@H](Cc2ccc(-c3cccc(C(=O)O)c3)nc2)C1. The lowest BCUT2D eigenvalue weighted by molar-refractivity contribution is -0.136. The first-order valence-electron chi connectivity index (χ1n) is 9.12. The van der Waals surface area contributed by atoms with E-state index in [-0.39, 0.29) is 18.1 Å². The van der Waals surface area contributed by atoms with Crippen molar-refractivity contribution in [1.82, 2.24) is 9.88 Å². The Labute approximate surface area is 158 Å². The van der Waals surface area contributed by atoms with Crippen LogP contribution in [0.1, 0.15) is 28.8 Å². The van der Waals surface area contributed by atoms with Crippen LogP contribution in [0.4, 0.5) is 0 Å². The molecule has 0 saturated carbocycles. The van der Waals surface area contributed by atoms with E-state index in [2.05, 4.69) is 4.98 Å². The van der Waals surface area contributed by atoms with Crippen LogP contribution in [0.3, 0.4) is 0 Å². The van der Waals surface area contributed by atoms with Crippen molar-refractivity contribution in [2.45, 2.75) is 19.3 Å². The van der Waals surface area contributed by atoms with Crippen LogP contribution in [-0.4, -0.2) is 53.7 Å². The topological polar surface area (TPSA) is 79.7 Å². The monoisotopic (exact) mass is 368 g/mol. The molecule has 0 aliphatic carbocycles. The van der Waals surface area contributed by atoms with Gasteiger partial charge in [-0.25, -0.2) is 4.79 Å². The molecule has 6 heteroatoms. The van der Waals surface area contributed by atoms with Gasteiger partial charge in [-0.1, -0.05) is 18.2 Å². The molecule has 1 saturated heterocycles. The second-order valence-electron chi connectivity index (χ2n) is 6.92. The predicted octanol–water partition coefficient (Wildman–Crippen LogP) is 2.87. The fourth-order valence-corrected chi connectivity index (χ4v) is 3.53. The molecule has 0 bridgehead atoms. The molecular weight excluding hydrogens is 344 g/mol. The minimum absolute atomic E-state index is 0.0500. The van der Waals surface area contributed by atoms with Crippen molar-refractivity contribution in [1.29, 1.82) is 0 Å². The average Bonchev–Trinajstić information content (AvgIpc) is 2.69. The van der Waals surface area contributed by atoms with E-state index >= 15 is 0 Å². The number of carbonyl (C=O) groups is 2. The van der Waals surface area contributed by atoms with E-state index in [1.807, 2.05) is 29.3 Å². The summed E-state index contributed by atoms with van der Waals surface area (Å²) < 4.78 is 4.95. The Morgan fingerprint density at radius 1 is 1.30 bits per heavy atom. The summed E-state index contributed by atoms with van der Waals surface area (Å²) in [4.78, 5) is 29.5. The third-order valence-corrected chi connectivity index (χ3v) is 4.89. The van der Waals surface area contributed by atoms with Crippen LogP contribution in [0.15, 0.2) is 42.6 Å². The second kappa shape index (κ2) is 8.77. The maximum atomic E-state index is 12.0. The number of methoxy groups -OCH3 is 1. The number of rotatable bonds is 6. The number of aromatic carboxylic acids is 1. The molecule has 27 heavy (non-hydrogen) atoms. The smallest absolute Gasteiger partial charge is 0.335 e. The number of ether oxygens (including phenoxy) is 1. The number of amides is 1. The first kappa shape index (κ1) is 19.0. The number of likely N-dealkylation sites (tertiary alicyclic amines) is 1. The highest BCUT2D eigenvalue weighted by molar-refractivity contribution is 5.89. The third kappa shape index (κ3) is 4.92. The number of carboxylic acid groups (broad SMARTS) is 1. The summed E-state index contributed by atoms with van der Waals surface area (Å²) in [5.74, 6) is -0.477. The van der Waals surface area contributed by atoms with Gasteiger partial charge in [0.15, 0.2) is 0 Å². The first-order valence-corrected chi connectivity index (χ1v) is 9.12. The first-order chi connectivity index (χ1) is 13.1. The Morgan fingerprint density at radius 2 is 2.15 bits per heavy atom. The highest BCUT2D eigenvalue weighted by atomic mass is 16.5. The van der Waals surface area contributed by atoms with E-state index in [1.165, 1.54) is 0 Å². The lowest BCUT2D eigenvalue weighted by atomic mass is 9.91. The number of pyridine rings is 1. The quantitative estimate of drug-likeness (QED) is 0.848. The number of benzene rings is 1. The van der Waals surface area contributed by atoms with Crippen molar-refractivity contribution in [3.8, 4) is 11.3 Å². The third-order valence-electron chi connectivity index (χ3n) is 4.89. The maximum Gasteiger partial charge on any atom is 0.335 e. The summed E-state index contributed by atoms with van der Waals surface area (Å²) in [6.07, 6.45) is 4.82. The van der Waals surface area contributed by atoms with Crippen LogP contribution < -0.4 is 0 Å².